The first kappa shape index (κ1) is 88.8. The minimum absolute atomic E-state index is 0.0136. The average Bonchev–Trinajstić information content (AvgIpc) is 1.35. The van der Waals surface area contributed by atoms with E-state index >= 15 is 26.3 Å². The molecule has 0 saturated heterocycles. The average molecular weight is 1660 g/mol. The van der Waals surface area contributed by atoms with Crippen molar-refractivity contribution in [2.75, 3.05) is 52.4 Å². The molecular weight excluding hydrogens is 1560 g/mol. The van der Waals surface area contributed by atoms with Crippen molar-refractivity contribution in [1.82, 2.24) is 20.0 Å². The molecule has 3 fully saturated rings. The number of rotatable bonds is 27. The van der Waals surface area contributed by atoms with E-state index in [-0.39, 0.29) is 108 Å². The number of alkyl halides is 4. The van der Waals surface area contributed by atoms with Crippen LogP contribution in [0, 0.1) is 46.7 Å². The zero-order valence-corrected chi connectivity index (χ0v) is 67.5. The van der Waals surface area contributed by atoms with Crippen molar-refractivity contribution in [3.8, 4) is 17.2 Å². The van der Waals surface area contributed by atoms with Crippen LogP contribution in [-0.2, 0) is 57.5 Å². The number of amides is 1. The molecule has 0 bridgehead atoms. The number of carbonyl (C=O) groups is 6. The molecule has 3 aliphatic carbocycles. The summed E-state index contributed by atoms with van der Waals surface area (Å²) in [7, 11) is 2.42. The van der Waals surface area contributed by atoms with Crippen molar-refractivity contribution in [3.05, 3.63) is 211 Å². The van der Waals surface area contributed by atoms with Gasteiger partial charge in [-0.25, -0.2) is 53.9 Å². The van der Waals surface area contributed by atoms with Gasteiger partial charge in [-0.15, -0.1) is 0 Å². The lowest BCUT2D eigenvalue weighted by molar-refractivity contribution is -0.135. The Morgan fingerprint density at radius 1 is 0.482 bits per heavy atom. The Balaban J connectivity index is 0.000000187. The van der Waals surface area contributed by atoms with Crippen molar-refractivity contribution >= 4 is 69.5 Å². The molecule has 3 saturated carbocycles. The van der Waals surface area contributed by atoms with Gasteiger partial charge in [-0.05, 0) is 273 Å². The number of methoxy groups -OCH3 is 2. The number of hydrogen-bond acceptors (Lipinski definition) is 14. The summed E-state index contributed by atoms with van der Waals surface area (Å²) in [4.78, 5) is 73.6. The summed E-state index contributed by atoms with van der Waals surface area (Å²) in [5.74, 6) is -5.17. The lowest BCUT2D eigenvalue weighted by Gasteiger charge is -2.44. The first-order valence-electron chi connectivity index (χ1n) is 38.1. The number of ether oxygens (including phenoxy) is 4. The standard InChI is InChI=1S/C30H34F3NO4.C29H32F3NO4.C24H26F3NO3.C5H8BrNO/c1-18-11-21-15-23(38-16-22(35)12-19-5-6-19)8-9-24(21)29(34(18)17-30(2,3)33)28-25(31)13-20(14-26(28)32)7-10-27(36)37-4;1-17-10-20-14-22(37-15-21(34)11-18-4-5-18)7-8-23(20)28(33(17)16-29(2,3)32)27-24(30)12-19(13-25(27)31)6-9-26(35)36;1-14-9-16-12-17(29)6-7-18(16)23(28(14)13-24(2,3)27)22-19(25)10-15(11-20(22)26)5-8-21(30)31-4;6-3-5(8)7-4-1-2-4/h7-10,13-15,18-19,29H,5-6,11-12,16-17H2,1-4H3;6-9,12-14,17-18,28H,4-5,10-11,15-16H2,1-3H3,(H,35,36);5-8,10-12,14,23,29H,9,13H2,1-4H3;4H,1-3H2,(H,7,8)/b10-7+;9-6+;8-5+;. The molecule has 3 heterocycles. The van der Waals surface area contributed by atoms with Crippen molar-refractivity contribution in [2.24, 2.45) is 11.8 Å². The van der Waals surface area contributed by atoms with E-state index in [1.54, 1.807) is 57.2 Å². The summed E-state index contributed by atoms with van der Waals surface area (Å²) in [5.41, 5.74) is -0.717. The van der Waals surface area contributed by atoms with E-state index < -0.39 is 87.9 Å². The van der Waals surface area contributed by atoms with E-state index in [1.807, 2.05) is 26.8 Å². The maximum atomic E-state index is 15.6. The fraction of sp³-hybridized carbons (Fsp3) is 0.455. The predicted octanol–water partition coefficient (Wildman–Crippen LogP) is 17.5. The van der Waals surface area contributed by atoms with Gasteiger partial charge in [0.05, 0.1) is 37.7 Å². The number of halogens is 10. The molecule has 114 heavy (non-hydrogen) atoms. The quantitative estimate of drug-likeness (QED) is 0.0190. The molecule has 3 aliphatic heterocycles. The Kier molecular flexibility index (Phi) is 30.0. The zero-order chi connectivity index (χ0) is 83.4. The predicted molar refractivity (Wildman–Crippen MR) is 420 cm³/mol. The number of esters is 2. The van der Waals surface area contributed by atoms with Gasteiger partial charge in [-0.1, -0.05) is 34.1 Å². The molecule has 6 unspecified atom stereocenters. The maximum Gasteiger partial charge on any atom is 0.330 e. The van der Waals surface area contributed by atoms with E-state index in [9.17, 15) is 47.0 Å². The number of ketones is 2. The second kappa shape index (κ2) is 38.6. The number of nitrogens with zero attached hydrogens (tertiary/aromatic N) is 3. The first-order chi connectivity index (χ1) is 53.7. The number of benzene rings is 6. The number of carbonyl (C=O) groups excluding carboxylic acids is 5. The van der Waals surface area contributed by atoms with Crippen molar-refractivity contribution in [3.63, 3.8) is 0 Å². The van der Waals surface area contributed by atoms with Crippen LogP contribution in [0.25, 0.3) is 18.2 Å². The van der Waals surface area contributed by atoms with Gasteiger partial charge in [0, 0.05) is 91.6 Å². The largest absolute Gasteiger partial charge is 0.508 e. The van der Waals surface area contributed by atoms with Crippen LogP contribution in [0.5, 0.6) is 17.2 Å². The molecule has 0 spiro atoms. The lowest BCUT2D eigenvalue weighted by atomic mass is 9.83. The SMILES string of the molecule is CC1Cc2cc(OCC(=O)CC3CC3)ccc2C(c2c(F)cc(/C=C/C(=O)O)cc2F)N1CC(C)(C)F.COC(=O)/C=C/c1cc(F)c(C2c3ccc(O)cc3CC(C)N2CC(C)(C)F)c(F)c1.COC(=O)/C=C/c1cc(F)c(C2c3ccc(OCC(=O)CC4CC4)cc3CC(C)N2CC(C)(C)F)c(F)c1.O=C(CBr)NC1CC1. The van der Waals surface area contributed by atoms with Gasteiger partial charge in [0.2, 0.25) is 5.91 Å². The van der Waals surface area contributed by atoms with E-state index in [4.69, 9.17) is 14.6 Å². The molecule has 1 amide bonds. The monoisotopic (exact) mass is 1650 g/mol. The fourth-order valence-electron chi connectivity index (χ4n) is 14.6. The number of nitrogens with one attached hydrogen (secondary N) is 1. The Morgan fingerprint density at radius 3 is 1.09 bits per heavy atom. The van der Waals surface area contributed by atoms with Gasteiger partial charge >= 0.3 is 17.9 Å². The summed E-state index contributed by atoms with van der Waals surface area (Å²) < 4.78 is 157. The minimum atomic E-state index is -1.62. The van der Waals surface area contributed by atoms with Crippen LogP contribution in [0.4, 0.5) is 39.5 Å². The van der Waals surface area contributed by atoms with E-state index in [0.717, 1.165) is 103 Å². The normalized spacial score (nSPS) is 19.7. The number of carboxylic acids is 1. The second-order valence-electron chi connectivity index (χ2n) is 32.1. The van der Waals surface area contributed by atoms with Crippen LogP contribution in [0.3, 0.4) is 0 Å². The number of hydrogen-bond donors (Lipinski definition) is 3. The Hall–Kier alpha value is -9.11. The summed E-state index contributed by atoms with van der Waals surface area (Å²) in [6, 6.07) is 19.0. The molecule has 0 radical (unpaired) electrons. The van der Waals surface area contributed by atoms with Gasteiger partial charge in [0.25, 0.3) is 0 Å². The molecule has 16 nitrogen and oxygen atoms in total. The summed E-state index contributed by atoms with van der Waals surface area (Å²) >= 11 is 3.06. The third-order valence-electron chi connectivity index (χ3n) is 20.2. The molecule has 6 aromatic rings. The number of phenols is 1. The van der Waals surface area contributed by atoms with Gasteiger partial charge in [0.15, 0.2) is 11.6 Å². The third kappa shape index (κ3) is 25.4. The number of fused-ring (bicyclic) bond motifs is 3. The highest BCUT2D eigenvalue weighted by Gasteiger charge is 2.44. The van der Waals surface area contributed by atoms with Crippen molar-refractivity contribution in [1.29, 1.82) is 0 Å². The first-order valence-corrected chi connectivity index (χ1v) is 39.3. The maximum absolute atomic E-state index is 15.6. The number of carboxylic acid groups (broad SMARTS) is 1. The van der Waals surface area contributed by atoms with Crippen LogP contribution >= 0.6 is 15.9 Å². The number of phenolic OH excluding ortho intramolecular Hbond substituents is 1. The van der Waals surface area contributed by atoms with Gasteiger partial charge < -0.3 is 34.5 Å². The highest BCUT2D eigenvalue weighted by atomic mass is 79.9. The highest BCUT2D eigenvalue weighted by Crippen LogP contribution is 2.47. The zero-order valence-electron chi connectivity index (χ0n) is 65.9. The Morgan fingerprint density at radius 2 is 0.798 bits per heavy atom. The number of Topliss-reactive ketones (excluding diaryl/α,β-unsaturated/α-hetero) is 2. The Labute approximate surface area is 668 Å². The van der Waals surface area contributed by atoms with Crippen LogP contribution in [0.2, 0.25) is 0 Å². The number of aliphatic carboxylic acids is 1. The second-order valence-corrected chi connectivity index (χ2v) is 32.7. The van der Waals surface area contributed by atoms with Gasteiger partial charge in [-0.2, -0.15) is 0 Å². The molecule has 12 rings (SSSR count). The van der Waals surface area contributed by atoms with Crippen LogP contribution < -0.4 is 14.8 Å². The Bertz CT molecular complexity index is 4510. The molecule has 3 N–H and O–H groups in total. The molecular formula is C88H100BrF9N4O12. The van der Waals surface area contributed by atoms with Crippen LogP contribution in [0.1, 0.15) is 199 Å². The lowest BCUT2D eigenvalue weighted by Crippen LogP contribution is -2.48. The van der Waals surface area contributed by atoms with Crippen molar-refractivity contribution in [2.45, 2.75) is 192 Å². The van der Waals surface area contributed by atoms with E-state index in [1.165, 1.54) is 86.8 Å². The smallest absolute Gasteiger partial charge is 0.330 e. The van der Waals surface area contributed by atoms with Gasteiger partial charge in [0.1, 0.15) is 82.4 Å². The minimum Gasteiger partial charge on any atom is -0.508 e. The molecule has 6 atom stereocenters. The summed E-state index contributed by atoms with van der Waals surface area (Å²) in [6.07, 6.45) is 15.9. The highest BCUT2D eigenvalue weighted by molar-refractivity contribution is 9.09. The molecule has 6 aliphatic rings. The fourth-order valence-corrected chi connectivity index (χ4v) is 14.8. The topological polar surface area (TPSA) is 202 Å². The van der Waals surface area contributed by atoms with Crippen LogP contribution in [-0.4, -0.2) is 154 Å². The molecule has 6 aromatic carbocycles. The van der Waals surface area contributed by atoms with Gasteiger partial charge in [-0.3, -0.25) is 29.1 Å². The molecule has 614 valence electrons. The molecule has 0 aromatic heterocycles. The van der Waals surface area contributed by atoms with E-state index in [0.29, 0.717) is 83.5 Å². The third-order valence-corrected chi connectivity index (χ3v) is 20.7. The van der Waals surface area contributed by atoms with Crippen LogP contribution in [0.15, 0.2) is 109 Å². The summed E-state index contributed by atoms with van der Waals surface area (Å²) in [6.45, 7) is 14.1. The molecule has 26 heteroatoms. The summed E-state index contributed by atoms with van der Waals surface area (Å²) in [5, 5.41) is 22.0. The van der Waals surface area contributed by atoms with Crippen molar-refractivity contribution < 1.29 is 97.4 Å². The van der Waals surface area contributed by atoms with E-state index in [2.05, 4.69) is 30.7 Å². The number of aromatic hydroxyl groups is 1.